The highest BCUT2D eigenvalue weighted by Crippen LogP contribution is 2.28. The minimum Gasteiger partial charge on any atom is -0.476 e. The number of thiophene rings is 1. The summed E-state index contributed by atoms with van der Waals surface area (Å²) in [7, 11) is 0. The maximum Gasteiger partial charge on any atom is 0.356 e. The minimum absolute atomic E-state index is 0.0418. The number of aromatic nitrogens is 2. The first kappa shape index (κ1) is 14.9. The first-order chi connectivity index (χ1) is 10.7. The average Bonchev–Trinajstić information content (AvgIpc) is 3.22. The van der Waals surface area contributed by atoms with Crippen molar-refractivity contribution < 1.29 is 9.90 Å². The fraction of sp³-hybridized carbons (Fsp3) is 0.400. The predicted molar refractivity (Wildman–Crippen MR) is 85.3 cm³/mol. The molecule has 1 unspecified atom stereocenters. The number of carboxylic acids is 1. The molecule has 1 aliphatic rings. The lowest BCUT2D eigenvalue weighted by Gasteiger charge is -2.27. The molecule has 2 aromatic heterocycles. The molecule has 3 rings (SSSR count). The van der Waals surface area contributed by atoms with Crippen molar-refractivity contribution in [3.05, 3.63) is 40.5 Å². The van der Waals surface area contributed by atoms with E-state index in [1.807, 2.05) is 0 Å². The monoisotopic (exact) mass is 318 g/mol. The lowest BCUT2D eigenvalue weighted by molar-refractivity contribution is 0.0690. The SMILES string of the molecule is O=C(O)c1cnc(NCC(c2cccs2)N2CCCC2)cn1. The molecule has 0 amide bonds. The zero-order chi connectivity index (χ0) is 15.4. The molecule has 2 aromatic rings. The Morgan fingerprint density at radius 1 is 1.36 bits per heavy atom. The van der Waals surface area contributed by atoms with Crippen LogP contribution in [0.5, 0.6) is 0 Å². The van der Waals surface area contributed by atoms with Gasteiger partial charge in [0.2, 0.25) is 0 Å². The lowest BCUT2D eigenvalue weighted by atomic mass is 10.2. The van der Waals surface area contributed by atoms with Gasteiger partial charge < -0.3 is 10.4 Å². The van der Waals surface area contributed by atoms with Gasteiger partial charge in [-0.25, -0.2) is 14.8 Å². The third-order valence-corrected chi connectivity index (χ3v) is 4.77. The molecule has 0 aromatic carbocycles. The Balaban J connectivity index is 1.67. The smallest absolute Gasteiger partial charge is 0.356 e. The van der Waals surface area contributed by atoms with Crippen LogP contribution in [0.3, 0.4) is 0 Å². The highest BCUT2D eigenvalue weighted by atomic mass is 32.1. The van der Waals surface area contributed by atoms with Gasteiger partial charge in [0.15, 0.2) is 5.69 Å². The van der Waals surface area contributed by atoms with Crippen molar-refractivity contribution in [2.24, 2.45) is 0 Å². The first-order valence-corrected chi connectivity index (χ1v) is 8.18. The van der Waals surface area contributed by atoms with Crippen molar-refractivity contribution in [3.63, 3.8) is 0 Å². The quantitative estimate of drug-likeness (QED) is 0.852. The normalized spacial score (nSPS) is 16.5. The molecule has 6 nitrogen and oxygen atoms in total. The highest BCUT2D eigenvalue weighted by Gasteiger charge is 2.24. The molecular formula is C15H18N4O2S. The van der Waals surface area contributed by atoms with Crippen molar-refractivity contribution in [1.29, 1.82) is 0 Å². The maximum absolute atomic E-state index is 10.8. The van der Waals surface area contributed by atoms with Gasteiger partial charge in [-0.3, -0.25) is 4.90 Å². The summed E-state index contributed by atoms with van der Waals surface area (Å²) < 4.78 is 0. The van der Waals surface area contributed by atoms with Gasteiger partial charge >= 0.3 is 5.97 Å². The van der Waals surface area contributed by atoms with Gasteiger partial charge in [-0.1, -0.05) is 6.07 Å². The number of nitrogens with zero attached hydrogens (tertiary/aromatic N) is 3. The zero-order valence-corrected chi connectivity index (χ0v) is 12.9. The summed E-state index contributed by atoms with van der Waals surface area (Å²) in [5, 5.41) is 14.2. The number of anilines is 1. The van der Waals surface area contributed by atoms with E-state index in [-0.39, 0.29) is 5.69 Å². The summed E-state index contributed by atoms with van der Waals surface area (Å²) in [4.78, 5) is 22.6. The Labute approximate surface area is 132 Å². The van der Waals surface area contributed by atoms with Gasteiger partial charge in [0.1, 0.15) is 5.82 Å². The third kappa shape index (κ3) is 3.42. The van der Waals surface area contributed by atoms with E-state index in [4.69, 9.17) is 5.11 Å². The second-order valence-corrected chi connectivity index (χ2v) is 6.23. The van der Waals surface area contributed by atoms with Gasteiger partial charge in [0.05, 0.1) is 18.4 Å². The van der Waals surface area contributed by atoms with Crippen LogP contribution in [0.15, 0.2) is 29.9 Å². The van der Waals surface area contributed by atoms with Crippen LogP contribution in [-0.2, 0) is 0 Å². The van der Waals surface area contributed by atoms with E-state index >= 15 is 0 Å². The van der Waals surface area contributed by atoms with Gasteiger partial charge in [-0.15, -0.1) is 11.3 Å². The average molecular weight is 318 g/mol. The van der Waals surface area contributed by atoms with E-state index in [0.717, 1.165) is 19.6 Å². The minimum atomic E-state index is -1.06. The molecule has 3 heterocycles. The maximum atomic E-state index is 10.8. The van der Waals surface area contributed by atoms with Crippen LogP contribution in [0.2, 0.25) is 0 Å². The summed E-state index contributed by atoms with van der Waals surface area (Å²) in [5.74, 6) is -0.460. The Morgan fingerprint density at radius 3 is 2.77 bits per heavy atom. The van der Waals surface area contributed by atoms with Crippen LogP contribution >= 0.6 is 11.3 Å². The van der Waals surface area contributed by atoms with Gasteiger partial charge in [0.25, 0.3) is 0 Å². The number of carbonyl (C=O) groups is 1. The van der Waals surface area contributed by atoms with Crippen LogP contribution in [-0.4, -0.2) is 45.6 Å². The summed E-state index contributed by atoms with van der Waals surface area (Å²) in [6, 6.07) is 4.56. The van der Waals surface area contributed by atoms with E-state index in [0.29, 0.717) is 11.9 Å². The molecule has 1 fully saturated rings. The molecule has 0 spiro atoms. The molecule has 0 bridgehead atoms. The summed E-state index contributed by atoms with van der Waals surface area (Å²) >= 11 is 1.76. The number of hydrogen-bond acceptors (Lipinski definition) is 6. The Bertz CT molecular complexity index is 609. The largest absolute Gasteiger partial charge is 0.476 e. The molecule has 0 saturated carbocycles. The van der Waals surface area contributed by atoms with Gasteiger partial charge in [0, 0.05) is 11.4 Å². The number of aromatic carboxylic acids is 1. The van der Waals surface area contributed by atoms with Crippen molar-refractivity contribution in [2.45, 2.75) is 18.9 Å². The number of carboxylic acid groups (broad SMARTS) is 1. The standard InChI is InChI=1S/C15H18N4O2S/c20-15(21)11-8-17-14(10-16-11)18-9-12(13-4-3-7-22-13)19-5-1-2-6-19/h3-4,7-8,10,12H,1-2,5-6,9H2,(H,17,18)(H,20,21). The van der Waals surface area contributed by atoms with Crippen molar-refractivity contribution in [2.75, 3.05) is 25.0 Å². The highest BCUT2D eigenvalue weighted by molar-refractivity contribution is 7.10. The molecule has 0 radical (unpaired) electrons. The molecule has 0 aliphatic carbocycles. The second-order valence-electron chi connectivity index (χ2n) is 5.25. The van der Waals surface area contributed by atoms with E-state index in [2.05, 4.69) is 37.7 Å². The zero-order valence-electron chi connectivity index (χ0n) is 12.1. The van der Waals surface area contributed by atoms with Crippen molar-refractivity contribution >= 4 is 23.1 Å². The lowest BCUT2D eigenvalue weighted by Crippen LogP contribution is -2.30. The van der Waals surface area contributed by atoms with Crippen LogP contribution in [0, 0.1) is 0 Å². The van der Waals surface area contributed by atoms with E-state index in [1.54, 1.807) is 11.3 Å². The molecule has 2 N–H and O–H groups in total. The Morgan fingerprint density at radius 2 is 2.18 bits per heavy atom. The van der Waals surface area contributed by atoms with Crippen LogP contribution in [0.25, 0.3) is 0 Å². The third-order valence-electron chi connectivity index (χ3n) is 3.80. The number of hydrogen-bond donors (Lipinski definition) is 2. The van der Waals surface area contributed by atoms with Crippen LogP contribution in [0.1, 0.15) is 34.2 Å². The van der Waals surface area contributed by atoms with E-state index in [1.165, 1.54) is 30.1 Å². The molecule has 1 saturated heterocycles. The second kappa shape index (κ2) is 6.85. The van der Waals surface area contributed by atoms with Crippen LogP contribution in [0.4, 0.5) is 5.82 Å². The van der Waals surface area contributed by atoms with E-state index in [9.17, 15) is 4.79 Å². The van der Waals surface area contributed by atoms with Gasteiger partial charge in [-0.05, 0) is 37.4 Å². The number of likely N-dealkylation sites (tertiary alicyclic amines) is 1. The summed E-state index contributed by atoms with van der Waals surface area (Å²) in [5.41, 5.74) is -0.0418. The fourth-order valence-corrected chi connectivity index (χ4v) is 3.54. The summed E-state index contributed by atoms with van der Waals surface area (Å²) in [6.07, 6.45) is 5.24. The topological polar surface area (TPSA) is 78.3 Å². The molecule has 7 heteroatoms. The van der Waals surface area contributed by atoms with Gasteiger partial charge in [-0.2, -0.15) is 0 Å². The summed E-state index contributed by atoms with van der Waals surface area (Å²) in [6.45, 7) is 2.98. The van der Waals surface area contributed by atoms with E-state index < -0.39 is 5.97 Å². The molecule has 22 heavy (non-hydrogen) atoms. The molecule has 1 aliphatic heterocycles. The molecule has 116 valence electrons. The van der Waals surface area contributed by atoms with Crippen molar-refractivity contribution in [1.82, 2.24) is 14.9 Å². The Hall–Kier alpha value is -1.99. The van der Waals surface area contributed by atoms with Crippen LogP contribution < -0.4 is 5.32 Å². The molecule has 1 atom stereocenters. The van der Waals surface area contributed by atoms with Crippen molar-refractivity contribution in [3.8, 4) is 0 Å². The fourth-order valence-electron chi connectivity index (χ4n) is 2.67. The molecular weight excluding hydrogens is 300 g/mol. The first-order valence-electron chi connectivity index (χ1n) is 7.30. The number of rotatable bonds is 6. The number of nitrogens with one attached hydrogen (secondary N) is 1. The predicted octanol–water partition coefficient (Wildman–Crippen LogP) is 2.49. The Kier molecular flexibility index (Phi) is 4.65.